The molecule has 1 atom stereocenters. The normalized spacial score (nSPS) is 15.5. The van der Waals surface area contributed by atoms with Crippen LogP contribution in [0.2, 0.25) is 0 Å². The van der Waals surface area contributed by atoms with Crippen molar-refractivity contribution in [2.24, 2.45) is 0 Å². The van der Waals surface area contributed by atoms with Crippen molar-refractivity contribution in [1.82, 2.24) is 0 Å². The highest BCUT2D eigenvalue weighted by Crippen LogP contribution is 2.36. The van der Waals surface area contributed by atoms with Gasteiger partial charge < -0.3 is 4.74 Å². The monoisotopic (exact) mass is 226 g/mol. The molecule has 1 aliphatic rings. The predicted octanol–water partition coefficient (Wildman–Crippen LogP) is 4.24. The summed E-state index contributed by atoms with van der Waals surface area (Å²) in [6.07, 6.45) is 10.6. The first kappa shape index (κ1) is 11.7. The van der Waals surface area contributed by atoms with E-state index in [2.05, 4.69) is 36.9 Å². The van der Waals surface area contributed by atoms with Gasteiger partial charge in [-0.2, -0.15) is 0 Å². The predicted molar refractivity (Wildman–Crippen MR) is 72.4 cm³/mol. The van der Waals surface area contributed by atoms with Gasteiger partial charge in [-0.15, -0.1) is 6.58 Å². The molecule has 1 unspecified atom stereocenters. The molecule has 0 heterocycles. The molecular weight excluding hydrogens is 208 g/mol. The second kappa shape index (κ2) is 5.53. The second-order valence-corrected chi connectivity index (χ2v) is 4.16. The third-order valence-electron chi connectivity index (χ3n) is 3.12. The molecule has 0 saturated heterocycles. The van der Waals surface area contributed by atoms with Gasteiger partial charge in [-0.25, -0.2) is 0 Å². The molecule has 0 fully saturated rings. The molecule has 2 rings (SSSR count). The van der Waals surface area contributed by atoms with E-state index in [4.69, 9.17) is 4.74 Å². The standard InChI is InChI=1S/C16H18O/c1-3-8-14(13-9-4-5-10-13)15-11-6-7-12-16(15)17-2/h3-4,6-7,9-12,14H,1,5,8H2,2H3. The van der Waals surface area contributed by atoms with Gasteiger partial charge in [0.2, 0.25) is 0 Å². The van der Waals surface area contributed by atoms with E-state index in [1.807, 2.05) is 18.2 Å². The molecule has 0 aliphatic heterocycles. The Kier molecular flexibility index (Phi) is 3.81. The van der Waals surface area contributed by atoms with Gasteiger partial charge >= 0.3 is 0 Å². The highest BCUT2D eigenvalue weighted by Gasteiger charge is 2.18. The molecule has 0 radical (unpaired) electrons. The van der Waals surface area contributed by atoms with Crippen molar-refractivity contribution >= 4 is 0 Å². The number of hydrogen-bond acceptors (Lipinski definition) is 1. The fourth-order valence-corrected chi connectivity index (χ4v) is 2.30. The van der Waals surface area contributed by atoms with Gasteiger partial charge in [0.15, 0.2) is 0 Å². The topological polar surface area (TPSA) is 9.23 Å². The Bertz CT molecular complexity index is 454. The summed E-state index contributed by atoms with van der Waals surface area (Å²) in [6, 6.07) is 8.23. The first-order valence-electron chi connectivity index (χ1n) is 5.97. The smallest absolute Gasteiger partial charge is 0.122 e. The molecular formula is C16H18O. The molecule has 0 N–H and O–H groups in total. The van der Waals surface area contributed by atoms with Gasteiger partial charge in [-0.1, -0.05) is 42.5 Å². The molecule has 0 spiro atoms. The molecule has 0 aromatic heterocycles. The Labute approximate surface area is 103 Å². The average Bonchev–Trinajstić information content (AvgIpc) is 2.89. The Morgan fingerprint density at radius 1 is 1.41 bits per heavy atom. The number of hydrogen-bond donors (Lipinski definition) is 0. The van der Waals surface area contributed by atoms with Gasteiger partial charge in [0.1, 0.15) is 5.75 Å². The van der Waals surface area contributed by atoms with E-state index in [1.54, 1.807) is 7.11 Å². The minimum Gasteiger partial charge on any atom is -0.496 e. The van der Waals surface area contributed by atoms with E-state index < -0.39 is 0 Å². The zero-order chi connectivity index (χ0) is 12.1. The molecule has 17 heavy (non-hydrogen) atoms. The van der Waals surface area contributed by atoms with Crippen LogP contribution in [0.25, 0.3) is 0 Å². The van der Waals surface area contributed by atoms with E-state index in [-0.39, 0.29) is 0 Å². The van der Waals surface area contributed by atoms with Gasteiger partial charge in [0.05, 0.1) is 7.11 Å². The number of rotatable bonds is 5. The molecule has 1 aliphatic carbocycles. The number of ether oxygens (including phenoxy) is 1. The van der Waals surface area contributed by atoms with E-state index >= 15 is 0 Å². The lowest BCUT2D eigenvalue weighted by molar-refractivity contribution is 0.407. The van der Waals surface area contributed by atoms with Crippen molar-refractivity contribution in [3.63, 3.8) is 0 Å². The number of allylic oxidation sites excluding steroid dienone is 5. The Morgan fingerprint density at radius 2 is 2.24 bits per heavy atom. The molecule has 0 amide bonds. The molecule has 1 heteroatoms. The minimum atomic E-state index is 0.363. The highest BCUT2D eigenvalue weighted by molar-refractivity contribution is 5.45. The van der Waals surface area contributed by atoms with Crippen LogP contribution in [0.5, 0.6) is 5.75 Å². The van der Waals surface area contributed by atoms with E-state index in [0.29, 0.717) is 5.92 Å². The minimum absolute atomic E-state index is 0.363. The summed E-state index contributed by atoms with van der Waals surface area (Å²) in [6.45, 7) is 3.86. The third-order valence-corrected chi connectivity index (χ3v) is 3.12. The van der Waals surface area contributed by atoms with E-state index in [0.717, 1.165) is 18.6 Å². The number of benzene rings is 1. The number of methoxy groups -OCH3 is 1. The fraction of sp³-hybridized carbons (Fsp3) is 0.250. The summed E-state index contributed by atoms with van der Waals surface area (Å²) < 4.78 is 5.45. The summed E-state index contributed by atoms with van der Waals surface area (Å²) in [4.78, 5) is 0. The third kappa shape index (κ3) is 2.50. The summed E-state index contributed by atoms with van der Waals surface area (Å²) >= 11 is 0. The first-order valence-corrected chi connectivity index (χ1v) is 5.97. The Hall–Kier alpha value is -1.76. The second-order valence-electron chi connectivity index (χ2n) is 4.16. The maximum absolute atomic E-state index is 5.45. The molecule has 1 nitrogen and oxygen atoms in total. The zero-order valence-electron chi connectivity index (χ0n) is 10.2. The lowest BCUT2D eigenvalue weighted by Gasteiger charge is -2.19. The van der Waals surface area contributed by atoms with Crippen LogP contribution in [-0.2, 0) is 0 Å². The van der Waals surface area contributed by atoms with Crippen molar-refractivity contribution in [3.05, 3.63) is 66.3 Å². The van der Waals surface area contributed by atoms with Crippen molar-refractivity contribution in [2.75, 3.05) is 7.11 Å². The van der Waals surface area contributed by atoms with Crippen molar-refractivity contribution in [1.29, 1.82) is 0 Å². The lowest BCUT2D eigenvalue weighted by Crippen LogP contribution is -2.02. The number of para-hydroxylation sites is 1. The average molecular weight is 226 g/mol. The van der Waals surface area contributed by atoms with Gasteiger partial charge in [0, 0.05) is 11.5 Å². The van der Waals surface area contributed by atoms with Crippen LogP contribution in [0.3, 0.4) is 0 Å². The Balaban J connectivity index is 2.38. The van der Waals surface area contributed by atoms with E-state index in [9.17, 15) is 0 Å². The zero-order valence-corrected chi connectivity index (χ0v) is 10.2. The maximum Gasteiger partial charge on any atom is 0.122 e. The Morgan fingerprint density at radius 3 is 2.88 bits per heavy atom. The summed E-state index contributed by atoms with van der Waals surface area (Å²) in [5.74, 6) is 1.32. The first-order chi connectivity index (χ1) is 8.36. The summed E-state index contributed by atoms with van der Waals surface area (Å²) in [5.41, 5.74) is 2.61. The van der Waals surface area contributed by atoms with Crippen LogP contribution in [0, 0.1) is 0 Å². The maximum atomic E-state index is 5.45. The van der Waals surface area contributed by atoms with Crippen LogP contribution in [0.4, 0.5) is 0 Å². The fourth-order valence-electron chi connectivity index (χ4n) is 2.30. The molecule has 0 saturated carbocycles. The highest BCUT2D eigenvalue weighted by atomic mass is 16.5. The van der Waals surface area contributed by atoms with Crippen LogP contribution in [0.15, 0.2) is 60.7 Å². The molecule has 1 aromatic rings. The van der Waals surface area contributed by atoms with Crippen molar-refractivity contribution in [2.45, 2.75) is 18.8 Å². The summed E-state index contributed by atoms with van der Waals surface area (Å²) in [7, 11) is 1.72. The van der Waals surface area contributed by atoms with Gasteiger partial charge in [-0.3, -0.25) is 0 Å². The van der Waals surface area contributed by atoms with Crippen LogP contribution in [0.1, 0.15) is 24.3 Å². The quantitative estimate of drug-likeness (QED) is 0.682. The van der Waals surface area contributed by atoms with E-state index in [1.165, 1.54) is 11.1 Å². The molecule has 1 aromatic carbocycles. The lowest BCUT2D eigenvalue weighted by atomic mass is 9.88. The van der Waals surface area contributed by atoms with Crippen LogP contribution in [-0.4, -0.2) is 7.11 Å². The molecule has 88 valence electrons. The summed E-state index contributed by atoms with van der Waals surface area (Å²) in [5, 5.41) is 0. The van der Waals surface area contributed by atoms with Crippen molar-refractivity contribution < 1.29 is 4.74 Å². The SMILES string of the molecule is C=CCC(C1=CCC=C1)c1ccccc1OC. The van der Waals surface area contributed by atoms with Crippen molar-refractivity contribution in [3.8, 4) is 5.75 Å². The van der Waals surface area contributed by atoms with Crippen LogP contribution < -0.4 is 4.74 Å². The molecule has 0 bridgehead atoms. The van der Waals surface area contributed by atoms with Gasteiger partial charge in [0.25, 0.3) is 0 Å². The largest absolute Gasteiger partial charge is 0.496 e. The van der Waals surface area contributed by atoms with Gasteiger partial charge in [-0.05, 0) is 24.5 Å². The van der Waals surface area contributed by atoms with Crippen LogP contribution >= 0.6 is 0 Å².